The molecule has 0 aliphatic rings. The van der Waals surface area contributed by atoms with Crippen LogP contribution in [0.3, 0.4) is 0 Å². The number of hydrogen-bond donors (Lipinski definition) is 2. The van der Waals surface area contributed by atoms with Gasteiger partial charge in [-0.05, 0) is 6.07 Å². The van der Waals surface area contributed by atoms with E-state index in [0.29, 0.717) is 0 Å². The van der Waals surface area contributed by atoms with Gasteiger partial charge in [-0.15, -0.1) is 0 Å². The SMILES string of the molecule is NCc1c(C(F)(F)F)cc(C(F)F)nc1N. The lowest BCUT2D eigenvalue weighted by atomic mass is 10.1. The topological polar surface area (TPSA) is 64.9 Å². The molecular formula is C8H8F5N3. The van der Waals surface area contributed by atoms with Crippen LogP contribution in [0.25, 0.3) is 0 Å². The smallest absolute Gasteiger partial charge is 0.383 e. The van der Waals surface area contributed by atoms with Crippen LogP contribution < -0.4 is 11.5 Å². The highest BCUT2D eigenvalue weighted by Crippen LogP contribution is 2.35. The van der Waals surface area contributed by atoms with E-state index in [1.54, 1.807) is 0 Å². The summed E-state index contributed by atoms with van der Waals surface area (Å²) in [4.78, 5) is 3.17. The molecular weight excluding hydrogens is 233 g/mol. The molecule has 0 bridgehead atoms. The third-order valence-corrected chi connectivity index (χ3v) is 1.91. The lowest BCUT2D eigenvalue weighted by Gasteiger charge is -2.14. The van der Waals surface area contributed by atoms with Crippen LogP contribution in [0.4, 0.5) is 27.8 Å². The molecule has 0 aliphatic carbocycles. The van der Waals surface area contributed by atoms with Crippen molar-refractivity contribution in [2.45, 2.75) is 19.1 Å². The van der Waals surface area contributed by atoms with E-state index in [9.17, 15) is 22.0 Å². The quantitative estimate of drug-likeness (QED) is 0.779. The van der Waals surface area contributed by atoms with Crippen molar-refractivity contribution >= 4 is 5.82 Å². The van der Waals surface area contributed by atoms with Gasteiger partial charge in [0.15, 0.2) is 0 Å². The van der Waals surface area contributed by atoms with Crippen molar-refractivity contribution in [2.24, 2.45) is 5.73 Å². The van der Waals surface area contributed by atoms with Gasteiger partial charge in [-0.3, -0.25) is 0 Å². The predicted molar refractivity (Wildman–Crippen MR) is 46.5 cm³/mol. The summed E-state index contributed by atoms with van der Waals surface area (Å²) in [6, 6.07) is 0.267. The van der Waals surface area contributed by atoms with E-state index < -0.39 is 41.8 Å². The van der Waals surface area contributed by atoms with Gasteiger partial charge in [-0.1, -0.05) is 0 Å². The van der Waals surface area contributed by atoms with Crippen molar-refractivity contribution in [1.29, 1.82) is 0 Å². The molecule has 3 nitrogen and oxygen atoms in total. The first-order chi connectivity index (χ1) is 7.27. The average Bonchev–Trinajstić information content (AvgIpc) is 2.14. The molecule has 0 saturated carbocycles. The maximum atomic E-state index is 12.5. The fourth-order valence-corrected chi connectivity index (χ4v) is 1.19. The molecule has 1 heterocycles. The van der Waals surface area contributed by atoms with Crippen molar-refractivity contribution in [3.8, 4) is 0 Å². The zero-order valence-corrected chi connectivity index (χ0v) is 7.85. The maximum absolute atomic E-state index is 12.5. The maximum Gasteiger partial charge on any atom is 0.416 e. The van der Waals surface area contributed by atoms with E-state index >= 15 is 0 Å². The third-order valence-electron chi connectivity index (χ3n) is 1.91. The molecule has 4 N–H and O–H groups in total. The summed E-state index contributed by atoms with van der Waals surface area (Å²) >= 11 is 0. The number of pyridine rings is 1. The Labute approximate surface area is 87.3 Å². The minimum Gasteiger partial charge on any atom is -0.383 e. The van der Waals surface area contributed by atoms with Gasteiger partial charge in [0.25, 0.3) is 6.43 Å². The van der Waals surface area contributed by atoms with Gasteiger partial charge in [-0.2, -0.15) is 13.2 Å². The Balaban J connectivity index is 3.43. The molecule has 90 valence electrons. The van der Waals surface area contributed by atoms with Crippen molar-refractivity contribution in [3.63, 3.8) is 0 Å². The van der Waals surface area contributed by atoms with Crippen LogP contribution in [0.2, 0.25) is 0 Å². The van der Waals surface area contributed by atoms with E-state index in [1.165, 1.54) is 0 Å². The molecule has 0 saturated heterocycles. The largest absolute Gasteiger partial charge is 0.416 e. The van der Waals surface area contributed by atoms with Crippen molar-refractivity contribution in [2.75, 3.05) is 5.73 Å². The van der Waals surface area contributed by atoms with Gasteiger partial charge in [0.05, 0.1) is 5.56 Å². The van der Waals surface area contributed by atoms with Crippen LogP contribution in [0.15, 0.2) is 6.07 Å². The van der Waals surface area contributed by atoms with E-state index in [1.807, 2.05) is 0 Å². The summed E-state index contributed by atoms with van der Waals surface area (Å²) in [5.41, 5.74) is 7.46. The van der Waals surface area contributed by atoms with Crippen LogP contribution >= 0.6 is 0 Å². The number of halogens is 5. The second-order valence-corrected chi connectivity index (χ2v) is 2.96. The summed E-state index contributed by atoms with van der Waals surface area (Å²) in [7, 11) is 0. The van der Waals surface area contributed by atoms with Gasteiger partial charge in [0, 0.05) is 12.1 Å². The molecule has 0 aliphatic heterocycles. The van der Waals surface area contributed by atoms with E-state index in [2.05, 4.69) is 4.98 Å². The number of nitrogens with two attached hydrogens (primary N) is 2. The number of aromatic nitrogens is 1. The summed E-state index contributed by atoms with van der Waals surface area (Å²) in [6.07, 6.45) is -7.90. The van der Waals surface area contributed by atoms with Gasteiger partial charge < -0.3 is 11.5 Å². The number of nitrogen functional groups attached to an aromatic ring is 1. The Morgan fingerprint density at radius 2 is 1.88 bits per heavy atom. The van der Waals surface area contributed by atoms with Crippen LogP contribution in [0.5, 0.6) is 0 Å². The van der Waals surface area contributed by atoms with Crippen LogP contribution in [0, 0.1) is 0 Å². The van der Waals surface area contributed by atoms with Crippen LogP contribution in [-0.4, -0.2) is 4.98 Å². The molecule has 0 unspecified atom stereocenters. The molecule has 8 heteroatoms. The first-order valence-corrected chi connectivity index (χ1v) is 4.12. The van der Waals surface area contributed by atoms with Gasteiger partial charge >= 0.3 is 6.18 Å². The molecule has 1 aromatic rings. The fraction of sp³-hybridized carbons (Fsp3) is 0.375. The van der Waals surface area contributed by atoms with Crippen molar-refractivity contribution in [1.82, 2.24) is 4.98 Å². The Morgan fingerprint density at radius 1 is 1.31 bits per heavy atom. The average molecular weight is 241 g/mol. The molecule has 0 radical (unpaired) electrons. The van der Waals surface area contributed by atoms with Crippen LogP contribution in [0.1, 0.15) is 23.2 Å². The zero-order valence-electron chi connectivity index (χ0n) is 7.85. The van der Waals surface area contributed by atoms with Crippen molar-refractivity contribution < 1.29 is 22.0 Å². The lowest BCUT2D eigenvalue weighted by Crippen LogP contribution is -2.16. The Kier molecular flexibility index (Phi) is 3.32. The highest BCUT2D eigenvalue weighted by Gasteiger charge is 2.35. The highest BCUT2D eigenvalue weighted by atomic mass is 19.4. The Hall–Kier alpha value is -1.44. The summed E-state index contributed by atoms with van der Waals surface area (Å²) in [6.45, 7) is -0.517. The molecule has 0 atom stereocenters. The molecule has 0 fully saturated rings. The summed E-state index contributed by atoms with van der Waals surface area (Å²) in [5.74, 6) is -0.618. The zero-order chi connectivity index (χ0) is 12.5. The van der Waals surface area contributed by atoms with Gasteiger partial charge in [-0.25, -0.2) is 13.8 Å². The van der Waals surface area contributed by atoms with Crippen molar-refractivity contribution in [3.05, 3.63) is 22.9 Å². The highest BCUT2D eigenvalue weighted by molar-refractivity contribution is 5.47. The van der Waals surface area contributed by atoms with Crippen LogP contribution in [-0.2, 0) is 12.7 Å². The molecule has 16 heavy (non-hydrogen) atoms. The normalized spacial score (nSPS) is 12.2. The third kappa shape index (κ3) is 2.38. The Bertz CT molecular complexity index is 388. The molecule has 1 aromatic heterocycles. The monoisotopic (exact) mass is 241 g/mol. The number of hydrogen-bond acceptors (Lipinski definition) is 3. The van der Waals surface area contributed by atoms with E-state index in [4.69, 9.17) is 11.5 Å². The predicted octanol–water partition coefficient (Wildman–Crippen LogP) is 2.08. The number of nitrogens with zero attached hydrogens (tertiary/aromatic N) is 1. The molecule has 0 spiro atoms. The van der Waals surface area contributed by atoms with E-state index in [-0.39, 0.29) is 6.07 Å². The fourth-order valence-electron chi connectivity index (χ4n) is 1.19. The molecule has 0 amide bonds. The summed E-state index contributed by atoms with van der Waals surface area (Å²) < 4.78 is 61.9. The molecule has 1 rings (SSSR count). The number of anilines is 1. The number of alkyl halides is 5. The van der Waals surface area contributed by atoms with Gasteiger partial charge in [0.1, 0.15) is 11.5 Å². The first-order valence-electron chi connectivity index (χ1n) is 4.12. The second-order valence-electron chi connectivity index (χ2n) is 2.96. The minimum absolute atomic E-state index is 0.267. The minimum atomic E-state index is -4.78. The van der Waals surface area contributed by atoms with E-state index in [0.717, 1.165) is 0 Å². The lowest BCUT2D eigenvalue weighted by molar-refractivity contribution is -0.138. The Morgan fingerprint density at radius 3 is 2.25 bits per heavy atom. The number of rotatable bonds is 2. The summed E-state index contributed by atoms with van der Waals surface area (Å²) in [5, 5.41) is 0. The van der Waals surface area contributed by atoms with Gasteiger partial charge in [0.2, 0.25) is 0 Å². The molecule has 0 aromatic carbocycles. The second kappa shape index (κ2) is 4.20. The first kappa shape index (κ1) is 12.6. The standard InChI is InChI=1S/C8H8F5N3/c9-6(10)5-1-4(8(11,12)13)3(2-14)7(15)16-5/h1,6H,2,14H2,(H2,15,16).